The smallest absolute Gasteiger partial charge is 0.482 e. The minimum absolute atomic E-state index is 0.0817. The summed E-state index contributed by atoms with van der Waals surface area (Å²) in [4.78, 5) is 26.8. The summed E-state index contributed by atoms with van der Waals surface area (Å²) in [5.41, 5.74) is 5.51. The molecule has 9 atom stereocenters. The van der Waals surface area contributed by atoms with Crippen molar-refractivity contribution in [2.45, 2.75) is 78.1 Å². The van der Waals surface area contributed by atoms with E-state index in [0.29, 0.717) is 24.1 Å². The van der Waals surface area contributed by atoms with Gasteiger partial charge in [0.15, 0.2) is 6.61 Å². The van der Waals surface area contributed by atoms with Gasteiger partial charge in [0.1, 0.15) is 17.6 Å². The molecule has 1 heterocycles. The number of hydrogen-bond donors (Lipinski definition) is 3. The number of fused-ring (bicyclic) bond motifs is 1. The number of rotatable bonds is 6. The minimum Gasteiger partial charge on any atom is -0.482 e. The molecule has 9 heteroatoms. The second kappa shape index (κ2) is 10.0. The van der Waals surface area contributed by atoms with E-state index in [2.05, 4.69) is 27.4 Å². The lowest BCUT2D eigenvalue weighted by Crippen LogP contribution is -2.63. The summed E-state index contributed by atoms with van der Waals surface area (Å²) < 4.78 is 17.5. The van der Waals surface area contributed by atoms with E-state index < -0.39 is 36.1 Å². The van der Waals surface area contributed by atoms with Crippen LogP contribution in [0, 0.1) is 34.0 Å². The lowest BCUT2D eigenvalue weighted by molar-refractivity contribution is -0.207. The Hall–Kier alpha value is -2.20. The highest BCUT2D eigenvalue weighted by Crippen LogP contribution is 2.68. The zero-order valence-electron chi connectivity index (χ0n) is 23.5. The van der Waals surface area contributed by atoms with Crippen LogP contribution in [0.3, 0.4) is 0 Å². The van der Waals surface area contributed by atoms with Crippen molar-refractivity contribution >= 4 is 24.3 Å². The van der Waals surface area contributed by atoms with Crippen molar-refractivity contribution in [1.29, 1.82) is 0 Å². The van der Waals surface area contributed by atoms with Crippen LogP contribution in [0.1, 0.15) is 71.5 Å². The van der Waals surface area contributed by atoms with Crippen molar-refractivity contribution in [3.8, 4) is 5.75 Å². The first-order valence-electron chi connectivity index (χ1n) is 14.3. The first kappa shape index (κ1) is 28.3. The second-order valence-electron chi connectivity index (χ2n) is 12.9. The van der Waals surface area contributed by atoms with E-state index in [4.69, 9.17) is 19.9 Å². The van der Waals surface area contributed by atoms with Gasteiger partial charge in [0, 0.05) is 29.7 Å². The summed E-state index contributed by atoms with van der Waals surface area (Å²) in [6, 6.07) is 5.16. The predicted molar refractivity (Wildman–Crippen MR) is 147 cm³/mol. The maximum Gasteiger partial charge on any atom is 0.492 e. The number of ether oxygens (including phenoxy) is 2. The van der Waals surface area contributed by atoms with Crippen molar-refractivity contribution < 1.29 is 33.8 Å². The Morgan fingerprint density at radius 3 is 2.74 bits per heavy atom. The quantitative estimate of drug-likeness (QED) is 0.286. The van der Waals surface area contributed by atoms with E-state index >= 15 is 0 Å². The van der Waals surface area contributed by atoms with Gasteiger partial charge in [-0.1, -0.05) is 39.8 Å². The van der Waals surface area contributed by atoms with Crippen LogP contribution in [0.25, 0.3) is 0 Å². The van der Waals surface area contributed by atoms with Gasteiger partial charge in [0.25, 0.3) is 0 Å². The average Bonchev–Trinajstić information content (AvgIpc) is 3.44. The van der Waals surface area contributed by atoms with Crippen LogP contribution in [-0.2, 0) is 19.0 Å². The second-order valence-corrected chi connectivity index (χ2v) is 12.9. The highest BCUT2D eigenvalue weighted by atomic mass is 16.6. The highest BCUT2D eigenvalue weighted by molar-refractivity contribution is 6.61. The first-order valence-corrected chi connectivity index (χ1v) is 14.3. The Bertz CT molecular complexity index is 1160. The molecule has 1 aromatic rings. The van der Waals surface area contributed by atoms with Crippen LogP contribution in [0.4, 0.5) is 0 Å². The fraction of sp³-hybridized carbons (Fsp3) is 0.667. The summed E-state index contributed by atoms with van der Waals surface area (Å²) in [7, 11) is -1.10. The Kier molecular flexibility index (Phi) is 7.28. The Labute approximate surface area is 231 Å². The average molecular weight is 539 g/mol. The monoisotopic (exact) mass is 539 g/mol. The van der Waals surface area contributed by atoms with Crippen molar-refractivity contribution in [2.75, 3.05) is 13.2 Å². The van der Waals surface area contributed by atoms with Gasteiger partial charge in [-0.15, -0.1) is 6.58 Å². The number of aliphatic hydroxyl groups is 1. The summed E-state index contributed by atoms with van der Waals surface area (Å²) >= 11 is 0. The molecule has 5 rings (SSSR count). The molecule has 3 saturated carbocycles. The topological polar surface area (TPSA) is 128 Å². The molecular weight excluding hydrogens is 497 g/mol. The standard InChI is InChI=1S/C30H42BNO7/c1-6-28(4)14-24(29(5)17(2)9-11-30(18(3)27(28)35)12-10-22(33)26(29)30)38-25(34)16-37-19-7-8-20-21(13-19)31(36)39-23(20)15-32/h6-8,13,17-18,23-24,26-27,35-36H,1,9-12,14-16,32H2,2-5H3/t17-,18-,23?,24+,26-,27-,28+,29-,30-/m0/s1. The van der Waals surface area contributed by atoms with Crippen molar-refractivity contribution in [2.24, 2.45) is 39.7 Å². The van der Waals surface area contributed by atoms with Gasteiger partial charge in [-0.05, 0) is 66.1 Å². The fourth-order valence-corrected chi connectivity index (χ4v) is 8.47. The molecule has 3 fully saturated rings. The van der Waals surface area contributed by atoms with Crippen LogP contribution in [0.2, 0.25) is 0 Å². The van der Waals surface area contributed by atoms with E-state index in [9.17, 15) is 19.7 Å². The normalized spacial score (nSPS) is 41.3. The number of hydrogen-bond acceptors (Lipinski definition) is 8. The molecule has 0 saturated heterocycles. The van der Waals surface area contributed by atoms with Gasteiger partial charge in [-0.25, -0.2) is 4.79 Å². The molecule has 0 radical (unpaired) electrons. The summed E-state index contributed by atoms with van der Waals surface area (Å²) in [5.74, 6) is -0.117. The Balaban J connectivity index is 1.41. The van der Waals surface area contributed by atoms with Gasteiger partial charge in [-0.3, -0.25) is 4.79 Å². The zero-order chi connectivity index (χ0) is 28.3. The molecule has 212 valence electrons. The van der Waals surface area contributed by atoms with Crippen LogP contribution >= 0.6 is 0 Å². The van der Waals surface area contributed by atoms with Gasteiger partial charge < -0.3 is 30.0 Å². The molecule has 8 nitrogen and oxygen atoms in total. The molecule has 39 heavy (non-hydrogen) atoms. The number of ketones is 1. The van der Waals surface area contributed by atoms with E-state index in [0.717, 1.165) is 24.8 Å². The number of esters is 1. The van der Waals surface area contributed by atoms with Gasteiger partial charge >= 0.3 is 13.1 Å². The molecule has 4 aliphatic rings. The van der Waals surface area contributed by atoms with Gasteiger partial charge in [-0.2, -0.15) is 0 Å². The van der Waals surface area contributed by atoms with Crippen LogP contribution in [0.15, 0.2) is 30.9 Å². The Morgan fingerprint density at radius 1 is 1.31 bits per heavy atom. The lowest BCUT2D eigenvalue weighted by atomic mass is 9.44. The molecule has 0 amide bonds. The fourth-order valence-electron chi connectivity index (χ4n) is 8.47. The van der Waals surface area contributed by atoms with Crippen molar-refractivity contribution in [3.63, 3.8) is 0 Å². The lowest BCUT2D eigenvalue weighted by Gasteiger charge is -2.61. The molecule has 3 aliphatic carbocycles. The SMILES string of the molecule is C=C[C@]1(C)C[C@@H](OC(=O)COc2ccc3c(c2)B(O)OC3CN)[C@@]2(C)[C@@H]3C(=O)CC[C@@]3(CC[C@@H]2C)[C@@H](C)[C@@H]1O. The zero-order valence-corrected chi connectivity index (χ0v) is 23.5. The molecule has 1 aromatic carbocycles. The summed E-state index contributed by atoms with van der Waals surface area (Å²) in [6.45, 7) is 12.3. The van der Waals surface area contributed by atoms with Crippen LogP contribution < -0.4 is 15.9 Å². The molecule has 2 bridgehead atoms. The maximum absolute atomic E-state index is 13.5. The first-order chi connectivity index (χ1) is 18.4. The number of carbonyl (C=O) groups is 2. The molecular formula is C30H42BNO7. The third-order valence-electron chi connectivity index (χ3n) is 11.1. The number of nitrogens with two attached hydrogens (primary N) is 1. The maximum atomic E-state index is 13.5. The number of benzene rings is 1. The van der Waals surface area contributed by atoms with Gasteiger partial charge in [0.05, 0.1) is 12.2 Å². The Morgan fingerprint density at radius 2 is 2.05 bits per heavy atom. The van der Waals surface area contributed by atoms with E-state index in [-0.39, 0.29) is 48.2 Å². The van der Waals surface area contributed by atoms with Crippen LogP contribution in [-0.4, -0.2) is 54.4 Å². The molecule has 0 spiro atoms. The van der Waals surface area contributed by atoms with E-state index in [1.54, 1.807) is 24.3 Å². The van der Waals surface area contributed by atoms with Crippen molar-refractivity contribution in [1.82, 2.24) is 0 Å². The predicted octanol–water partition coefficient (Wildman–Crippen LogP) is 2.69. The molecule has 4 N–H and O–H groups in total. The molecule has 1 aliphatic heterocycles. The summed E-state index contributed by atoms with van der Waals surface area (Å²) in [6.07, 6.45) is 3.52. The number of carbonyl (C=O) groups excluding carboxylic acids is 2. The summed E-state index contributed by atoms with van der Waals surface area (Å²) in [5, 5.41) is 21.9. The van der Waals surface area contributed by atoms with Crippen molar-refractivity contribution in [3.05, 3.63) is 36.4 Å². The van der Waals surface area contributed by atoms with Gasteiger partial charge in [0.2, 0.25) is 0 Å². The van der Waals surface area contributed by atoms with E-state index in [1.165, 1.54) is 0 Å². The minimum atomic E-state index is -1.10. The van der Waals surface area contributed by atoms with Crippen LogP contribution in [0.5, 0.6) is 5.75 Å². The molecule has 1 unspecified atom stereocenters. The number of Topliss-reactive ketones (excluding diaryl/α,β-unsaturated/α-hetero) is 1. The highest BCUT2D eigenvalue weighted by Gasteiger charge is 2.68. The van der Waals surface area contributed by atoms with E-state index in [1.807, 2.05) is 6.92 Å². The number of aliphatic hydroxyl groups excluding tert-OH is 1. The third-order valence-corrected chi connectivity index (χ3v) is 11.1. The molecule has 0 aromatic heterocycles. The third kappa shape index (κ3) is 4.28. The largest absolute Gasteiger partial charge is 0.492 e.